The molecular formula is C16H17ClN4O3. The largest absolute Gasteiger partial charge is 0.354 e. The Morgan fingerprint density at radius 1 is 1.38 bits per heavy atom. The van der Waals surface area contributed by atoms with E-state index in [2.05, 4.69) is 10.6 Å². The number of carbonyl (C=O) groups excluding carboxylic acids is 3. The molecule has 1 fully saturated rings. The van der Waals surface area contributed by atoms with Crippen molar-refractivity contribution in [3.63, 3.8) is 0 Å². The van der Waals surface area contributed by atoms with Crippen LogP contribution in [0.3, 0.4) is 0 Å². The van der Waals surface area contributed by atoms with Gasteiger partial charge in [0, 0.05) is 11.6 Å². The monoisotopic (exact) mass is 348 g/mol. The van der Waals surface area contributed by atoms with E-state index in [1.807, 2.05) is 6.07 Å². The summed E-state index contributed by atoms with van der Waals surface area (Å²) in [6.07, 6.45) is 0.501. The molecule has 1 saturated heterocycles. The molecule has 8 heteroatoms. The van der Waals surface area contributed by atoms with Gasteiger partial charge in [0.1, 0.15) is 12.1 Å². The average Bonchev–Trinajstić information content (AvgIpc) is 2.81. The van der Waals surface area contributed by atoms with Gasteiger partial charge in [-0.05, 0) is 24.1 Å². The number of imide groups is 1. The first-order valence-electron chi connectivity index (χ1n) is 7.48. The number of rotatable bonds is 6. The van der Waals surface area contributed by atoms with Gasteiger partial charge in [0.05, 0.1) is 12.5 Å². The van der Waals surface area contributed by atoms with E-state index >= 15 is 0 Å². The van der Waals surface area contributed by atoms with Gasteiger partial charge in [0.15, 0.2) is 0 Å². The Morgan fingerprint density at radius 2 is 2.04 bits per heavy atom. The Balaban J connectivity index is 2.18. The van der Waals surface area contributed by atoms with Gasteiger partial charge in [0.2, 0.25) is 5.91 Å². The summed E-state index contributed by atoms with van der Waals surface area (Å²) in [5, 5.41) is 14.2. The standard InChI is InChI=1S/C16H17ClN4O3/c1-2-16(11-4-6-12(17)7-5-11)14(23)21(15(24)20-16)10-13(22)19-9-3-8-18/h4-7H,2-3,9-10H2,1H3,(H,19,22)(H,20,24). The van der Waals surface area contributed by atoms with Crippen molar-refractivity contribution in [1.82, 2.24) is 15.5 Å². The van der Waals surface area contributed by atoms with E-state index in [1.54, 1.807) is 31.2 Å². The molecule has 2 rings (SSSR count). The van der Waals surface area contributed by atoms with Crippen LogP contribution in [0.5, 0.6) is 0 Å². The molecule has 0 spiro atoms. The Kier molecular flexibility index (Phi) is 5.42. The molecule has 1 aromatic rings. The first-order valence-corrected chi connectivity index (χ1v) is 7.86. The van der Waals surface area contributed by atoms with Crippen LogP contribution in [0.25, 0.3) is 0 Å². The molecule has 1 aliphatic rings. The molecule has 7 nitrogen and oxygen atoms in total. The maximum absolute atomic E-state index is 12.8. The highest BCUT2D eigenvalue weighted by atomic mass is 35.5. The van der Waals surface area contributed by atoms with E-state index in [0.29, 0.717) is 17.0 Å². The maximum atomic E-state index is 12.8. The van der Waals surface area contributed by atoms with Crippen LogP contribution < -0.4 is 10.6 Å². The summed E-state index contributed by atoms with van der Waals surface area (Å²) in [7, 11) is 0. The first kappa shape index (κ1) is 17.8. The van der Waals surface area contributed by atoms with Gasteiger partial charge < -0.3 is 10.6 Å². The van der Waals surface area contributed by atoms with Crippen LogP contribution in [0.2, 0.25) is 5.02 Å². The van der Waals surface area contributed by atoms with Gasteiger partial charge in [-0.15, -0.1) is 0 Å². The number of amides is 4. The molecule has 0 radical (unpaired) electrons. The highest BCUT2D eigenvalue weighted by molar-refractivity contribution is 6.30. The third-order valence-electron chi connectivity index (χ3n) is 3.90. The third kappa shape index (κ3) is 3.34. The molecule has 0 aliphatic carbocycles. The zero-order valence-electron chi connectivity index (χ0n) is 13.1. The lowest BCUT2D eigenvalue weighted by atomic mass is 9.87. The summed E-state index contributed by atoms with van der Waals surface area (Å²) < 4.78 is 0. The van der Waals surface area contributed by atoms with Crippen LogP contribution in [-0.4, -0.2) is 35.8 Å². The van der Waals surface area contributed by atoms with E-state index in [9.17, 15) is 14.4 Å². The first-order chi connectivity index (χ1) is 11.4. The maximum Gasteiger partial charge on any atom is 0.325 e. The molecule has 1 aliphatic heterocycles. The normalized spacial score (nSPS) is 19.8. The molecule has 2 N–H and O–H groups in total. The van der Waals surface area contributed by atoms with Crippen molar-refractivity contribution in [3.05, 3.63) is 34.9 Å². The number of nitriles is 1. The van der Waals surface area contributed by atoms with Crippen LogP contribution in [0.4, 0.5) is 4.79 Å². The van der Waals surface area contributed by atoms with Crippen LogP contribution in [0.1, 0.15) is 25.3 Å². The number of nitrogens with one attached hydrogen (secondary N) is 2. The van der Waals surface area contributed by atoms with Gasteiger partial charge >= 0.3 is 6.03 Å². The average molecular weight is 349 g/mol. The fraction of sp³-hybridized carbons (Fsp3) is 0.375. The zero-order valence-corrected chi connectivity index (χ0v) is 13.9. The lowest BCUT2D eigenvalue weighted by Crippen LogP contribution is -2.44. The predicted molar refractivity (Wildman–Crippen MR) is 86.9 cm³/mol. The van der Waals surface area contributed by atoms with E-state index in [-0.39, 0.29) is 19.5 Å². The van der Waals surface area contributed by atoms with Crippen molar-refractivity contribution >= 4 is 29.4 Å². The number of nitrogens with zero attached hydrogens (tertiary/aromatic N) is 2. The summed E-state index contributed by atoms with van der Waals surface area (Å²) in [4.78, 5) is 37.7. The molecule has 1 atom stereocenters. The van der Waals surface area contributed by atoms with Crippen molar-refractivity contribution in [3.8, 4) is 6.07 Å². The molecule has 0 saturated carbocycles. The Morgan fingerprint density at radius 3 is 2.62 bits per heavy atom. The molecule has 1 heterocycles. The smallest absolute Gasteiger partial charge is 0.325 e. The molecule has 0 aromatic heterocycles. The Hall–Kier alpha value is -2.59. The highest BCUT2D eigenvalue weighted by Crippen LogP contribution is 2.32. The molecule has 4 amide bonds. The molecule has 24 heavy (non-hydrogen) atoms. The molecule has 1 aromatic carbocycles. The Bertz CT molecular complexity index is 698. The minimum absolute atomic E-state index is 0.162. The van der Waals surface area contributed by atoms with Crippen molar-refractivity contribution < 1.29 is 14.4 Å². The Labute approximate surface area is 144 Å². The summed E-state index contributed by atoms with van der Waals surface area (Å²) in [6.45, 7) is 1.57. The molecule has 126 valence electrons. The van der Waals surface area contributed by atoms with E-state index in [4.69, 9.17) is 16.9 Å². The molecular weight excluding hydrogens is 332 g/mol. The van der Waals surface area contributed by atoms with E-state index in [1.165, 1.54) is 0 Å². The number of carbonyl (C=O) groups is 3. The highest BCUT2D eigenvalue weighted by Gasteiger charge is 2.51. The van der Waals surface area contributed by atoms with Gasteiger partial charge in [-0.25, -0.2) is 4.79 Å². The zero-order chi connectivity index (χ0) is 17.7. The third-order valence-corrected chi connectivity index (χ3v) is 4.16. The van der Waals surface area contributed by atoms with Crippen molar-refractivity contribution in [1.29, 1.82) is 5.26 Å². The van der Waals surface area contributed by atoms with Gasteiger partial charge in [0.25, 0.3) is 5.91 Å². The topological polar surface area (TPSA) is 102 Å². The second-order valence-electron chi connectivity index (χ2n) is 5.35. The van der Waals surface area contributed by atoms with Crippen LogP contribution >= 0.6 is 11.6 Å². The number of hydrogen-bond donors (Lipinski definition) is 2. The predicted octanol–water partition coefficient (Wildman–Crippen LogP) is 1.53. The second kappa shape index (κ2) is 7.32. The second-order valence-corrected chi connectivity index (χ2v) is 5.78. The molecule has 1 unspecified atom stereocenters. The van der Waals surface area contributed by atoms with Crippen LogP contribution in [0, 0.1) is 11.3 Å². The van der Waals surface area contributed by atoms with Crippen LogP contribution in [-0.2, 0) is 15.1 Å². The van der Waals surface area contributed by atoms with Gasteiger partial charge in [-0.3, -0.25) is 14.5 Å². The minimum atomic E-state index is -1.20. The van der Waals surface area contributed by atoms with Crippen molar-refractivity contribution in [2.75, 3.05) is 13.1 Å². The van der Waals surface area contributed by atoms with Crippen molar-refractivity contribution in [2.45, 2.75) is 25.3 Å². The number of urea groups is 1. The van der Waals surface area contributed by atoms with Gasteiger partial charge in [-0.1, -0.05) is 30.7 Å². The number of halogens is 1. The van der Waals surface area contributed by atoms with Gasteiger partial charge in [-0.2, -0.15) is 5.26 Å². The van der Waals surface area contributed by atoms with Crippen LogP contribution in [0.15, 0.2) is 24.3 Å². The number of hydrogen-bond acceptors (Lipinski definition) is 4. The summed E-state index contributed by atoms with van der Waals surface area (Å²) >= 11 is 5.87. The lowest BCUT2D eigenvalue weighted by molar-refractivity contribution is -0.135. The molecule has 0 bridgehead atoms. The SMILES string of the molecule is CCC1(c2ccc(Cl)cc2)NC(=O)N(CC(=O)NCCC#N)C1=O. The quantitative estimate of drug-likeness (QED) is 0.601. The summed E-state index contributed by atoms with van der Waals surface area (Å²) in [6, 6.07) is 7.93. The van der Waals surface area contributed by atoms with E-state index in [0.717, 1.165) is 4.90 Å². The summed E-state index contributed by atoms with van der Waals surface area (Å²) in [5.74, 6) is -0.968. The summed E-state index contributed by atoms with van der Waals surface area (Å²) in [5.41, 5.74) is -0.589. The minimum Gasteiger partial charge on any atom is -0.354 e. The lowest BCUT2D eigenvalue weighted by Gasteiger charge is -2.25. The fourth-order valence-electron chi connectivity index (χ4n) is 2.60. The fourth-order valence-corrected chi connectivity index (χ4v) is 2.73. The van der Waals surface area contributed by atoms with Crippen molar-refractivity contribution in [2.24, 2.45) is 0 Å². The van der Waals surface area contributed by atoms with E-state index < -0.39 is 23.4 Å². The number of benzene rings is 1.